The van der Waals surface area contributed by atoms with E-state index in [1.165, 1.54) is 7.11 Å². The minimum absolute atomic E-state index is 0.0608. The van der Waals surface area contributed by atoms with Gasteiger partial charge < -0.3 is 10.5 Å². The molecule has 0 saturated carbocycles. The highest BCUT2D eigenvalue weighted by Crippen LogP contribution is 2.24. The highest BCUT2D eigenvalue weighted by Gasteiger charge is 2.20. The third-order valence-electron chi connectivity index (χ3n) is 2.33. The van der Waals surface area contributed by atoms with Gasteiger partial charge in [-0.15, -0.1) is 0 Å². The summed E-state index contributed by atoms with van der Waals surface area (Å²) in [4.78, 5) is 19.2. The van der Waals surface area contributed by atoms with Crippen molar-refractivity contribution >= 4 is 11.8 Å². The third-order valence-corrected chi connectivity index (χ3v) is 2.33. The Hall–Kier alpha value is -1.65. The van der Waals surface area contributed by atoms with Crippen LogP contribution in [0, 0.1) is 0 Å². The number of hydrogen-bond donors (Lipinski definition) is 1. The predicted molar refractivity (Wildman–Crippen MR) is 49.8 cm³/mol. The topological polar surface area (TPSA) is 78.1 Å². The number of esters is 1. The molecule has 1 heterocycles. The molecule has 0 aromatic carbocycles. The highest BCUT2D eigenvalue weighted by molar-refractivity contribution is 5.85. The van der Waals surface area contributed by atoms with Gasteiger partial charge in [-0.05, 0) is 19.3 Å². The molecular weight excluding hydrogens is 182 g/mol. The smallest absolute Gasteiger partial charge is 0.376 e. The summed E-state index contributed by atoms with van der Waals surface area (Å²) < 4.78 is 4.53. The molecule has 0 spiro atoms. The van der Waals surface area contributed by atoms with E-state index in [1.54, 1.807) is 0 Å². The lowest BCUT2D eigenvalue weighted by Crippen LogP contribution is -2.12. The van der Waals surface area contributed by atoms with Crippen LogP contribution in [0.1, 0.15) is 28.3 Å². The number of methoxy groups -OCH3 is 1. The average Bonchev–Trinajstić information content (AvgIpc) is 2.64. The second kappa shape index (κ2) is 3.25. The molecule has 5 nitrogen and oxygen atoms in total. The summed E-state index contributed by atoms with van der Waals surface area (Å²) in [6.45, 7) is 0. The summed E-state index contributed by atoms with van der Waals surface area (Å²) >= 11 is 0. The molecule has 2 N–H and O–H groups in total. The first-order valence-electron chi connectivity index (χ1n) is 4.46. The standard InChI is InChI=1S/C9H11N3O2/c1-14-9(13)8-11-6-4-2-3-5(6)7(10)12-8/h2-4H2,1H3,(H2,10,11,12). The van der Waals surface area contributed by atoms with Crippen LogP contribution in [-0.4, -0.2) is 23.0 Å². The summed E-state index contributed by atoms with van der Waals surface area (Å²) in [5.41, 5.74) is 7.58. The number of hydrogen-bond acceptors (Lipinski definition) is 5. The molecular formula is C9H11N3O2. The number of nitrogen functional groups attached to an aromatic ring is 1. The summed E-state index contributed by atoms with van der Waals surface area (Å²) in [6, 6.07) is 0. The minimum atomic E-state index is -0.536. The van der Waals surface area contributed by atoms with Gasteiger partial charge in [-0.2, -0.15) is 0 Å². The van der Waals surface area contributed by atoms with Crippen molar-refractivity contribution < 1.29 is 9.53 Å². The van der Waals surface area contributed by atoms with Gasteiger partial charge in [-0.1, -0.05) is 0 Å². The zero-order chi connectivity index (χ0) is 10.1. The summed E-state index contributed by atoms with van der Waals surface area (Å²) in [5.74, 6) is -0.0649. The SMILES string of the molecule is COC(=O)c1nc(N)c2c(n1)CCC2. The lowest BCUT2D eigenvalue weighted by molar-refractivity contribution is 0.0586. The Balaban J connectivity index is 2.46. The Bertz CT molecular complexity index is 390. The van der Waals surface area contributed by atoms with Crippen molar-refractivity contribution in [2.24, 2.45) is 0 Å². The maximum absolute atomic E-state index is 11.2. The van der Waals surface area contributed by atoms with Crippen LogP contribution in [0.3, 0.4) is 0 Å². The molecule has 2 rings (SSSR count). The third kappa shape index (κ3) is 1.30. The number of carbonyl (C=O) groups excluding carboxylic acids is 1. The summed E-state index contributed by atoms with van der Waals surface area (Å²) in [7, 11) is 1.30. The van der Waals surface area contributed by atoms with Crippen LogP contribution in [0.4, 0.5) is 5.82 Å². The normalized spacial score (nSPS) is 13.8. The highest BCUT2D eigenvalue weighted by atomic mass is 16.5. The van der Waals surface area contributed by atoms with Crippen molar-refractivity contribution in [3.8, 4) is 0 Å². The Morgan fingerprint density at radius 2 is 2.21 bits per heavy atom. The van der Waals surface area contributed by atoms with Crippen molar-refractivity contribution in [2.75, 3.05) is 12.8 Å². The van der Waals surface area contributed by atoms with Gasteiger partial charge in [0.2, 0.25) is 5.82 Å². The van der Waals surface area contributed by atoms with Crippen LogP contribution in [0.15, 0.2) is 0 Å². The zero-order valence-corrected chi connectivity index (χ0v) is 7.91. The largest absolute Gasteiger partial charge is 0.463 e. The van der Waals surface area contributed by atoms with Crippen molar-refractivity contribution in [3.05, 3.63) is 17.1 Å². The molecule has 0 saturated heterocycles. The van der Waals surface area contributed by atoms with Gasteiger partial charge in [0.05, 0.1) is 12.8 Å². The second-order valence-corrected chi connectivity index (χ2v) is 3.20. The number of anilines is 1. The number of nitrogens with two attached hydrogens (primary N) is 1. The van der Waals surface area contributed by atoms with Gasteiger partial charge in [-0.25, -0.2) is 14.8 Å². The Labute approximate surface area is 81.3 Å². The number of aryl methyl sites for hydroxylation is 1. The Morgan fingerprint density at radius 3 is 2.93 bits per heavy atom. The van der Waals surface area contributed by atoms with E-state index in [2.05, 4.69) is 14.7 Å². The van der Waals surface area contributed by atoms with Crippen molar-refractivity contribution in [2.45, 2.75) is 19.3 Å². The predicted octanol–water partition coefficient (Wildman–Crippen LogP) is 0.334. The van der Waals surface area contributed by atoms with Crippen LogP contribution >= 0.6 is 0 Å². The van der Waals surface area contributed by atoms with Gasteiger partial charge in [0, 0.05) is 5.56 Å². The Morgan fingerprint density at radius 1 is 1.43 bits per heavy atom. The molecule has 0 unspecified atom stereocenters. The average molecular weight is 193 g/mol. The van der Waals surface area contributed by atoms with Gasteiger partial charge in [0.25, 0.3) is 0 Å². The Kier molecular flexibility index (Phi) is 2.07. The molecule has 0 amide bonds. The maximum Gasteiger partial charge on any atom is 0.376 e. The fourth-order valence-corrected chi connectivity index (χ4v) is 1.64. The van der Waals surface area contributed by atoms with E-state index in [9.17, 15) is 4.79 Å². The molecule has 1 aromatic heterocycles. The monoisotopic (exact) mass is 193 g/mol. The van der Waals surface area contributed by atoms with E-state index in [0.29, 0.717) is 5.82 Å². The van der Waals surface area contributed by atoms with Crippen LogP contribution in [-0.2, 0) is 17.6 Å². The number of nitrogens with zero attached hydrogens (tertiary/aromatic N) is 2. The molecule has 74 valence electrons. The minimum Gasteiger partial charge on any atom is -0.463 e. The van der Waals surface area contributed by atoms with Gasteiger partial charge in [0.15, 0.2) is 0 Å². The van der Waals surface area contributed by atoms with Crippen molar-refractivity contribution in [3.63, 3.8) is 0 Å². The van der Waals surface area contributed by atoms with E-state index < -0.39 is 5.97 Å². The lowest BCUT2D eigenvalue weighted by Gasteiger charge is -2.04. The molecule has 0 aliphatic heterocycles. The van der Waals surface area contributed by atoms with Gasteiger partial charge in [-0.3, -0.25) is 0 Å². The first-order chi connectivity index (χ1) is 6.72. The van der Waals surface area contributed by atoms with E-state index in [1.807, 2.05) is 0 Å². The van der Waals surface area contributed by atoms with E-state index in [-0.39, 0.29) is 5.82 Å². The molecule has 0 radical (unpaired) electrons. The summed E-state index contributed by atoms with van der Waals surface area (Å²) in [5, 5.41) is 0. The number of fused-ring (bicyclic) bond motifs is 1. The van der Waals surface area contributed by atoms with Crippen molar-refractivity contribution in [1.29, 1.82) is 0 Å². The first-order valence-corrected chi connectivity index (χ1v) is 4.46. The lowest BCUT2D eigenvalue weighted by atomic mass is 10.2. The molecule has 1 aromatic rings. The fraction of sp³-hybridized carbons (Fsp3) is 0.444. The molecule has 1 aliphatic rings. The van der Waals surface area contributed by atoms with Gasteiger partial charge in [0.1, 0.15) is 5.82 Å². The number of aromatic nitrogens is 2. The van der Waals surface area contributed by atoms with Gasteiger partial charge >= 0.3 is 5.97 Å². The van der Waals surface area contributed by atoms with E-state index in [4.69, 9.17) is 5.73 Å². The number of carbonyl (C=O) groups is 1. The number of ether oxygens (including phenoxy) is 1. The molecule has 1 aliphatic carbocycles. The van der Waals surface area contributed by atoms with E-state index >= 15 is 0 Å². The van der Waals surface area contributed by atoms with Crippen LogP contribution in [0.25, 0.3) is 0 Å². The van der Waals surface area contributed by atoms with Crippen LogP contribution in [0.2, 0.25) is 0 Å². The maximum atomic E-state index is 11.2. The molecule has 0 atom stereocenters. The zero-order valence-electron chi connectivity index (χ0n) is 7.91. The quantitative estimate of drug-likeness (QED) is 0.650. The molecule has 0 fully saturated rings. The second-order valence-electron chi connectivity index (χ2n) is 3.20. The van der Waals surface area contributed by atoms with Crippen LogP contribution < -0.4 is 5.73 Å². The fourth-order valence-electron chi connectivity index (χ4n) is 1.64. The first kappa shape index (κ1) is 8.93. The molecule has 5 heteroatoms. The van der Waals surface area contributed by atoms with Crippen molar-refractivity contribution in [1.82, 2.24) is 9.97 Å². The van der Waals surface area contributed by atoms with E-state index in [0.717, 1.165) is 30.5 Å². The molecule has 0 bridgehead atoms. The molecule has 14 heavy (non-hydrogen) atoms. The number of rotatable bonds is 1. The summed E-state index contributed by atoms with van der Waals surface area (Å²) in [6.07, 6.45) is 2.80. The van der Waals surface area contributed by atoms with Crippen LogP contribution in [0.5, 0.6) is 0 Å².